The minimum Gasteiger partial charge on any atom is -0.545 e. The smallest absolute Gasteiger partial charge is 0.328 e. The van der Waals surface area contributed by atoms with Crippen molar-refractivity contribution in [3.63, 3.8) is 0 Å². The van der Waals surface area contributed by atoms with Crippen molar-refractivity contribution in [1.82, 2.24) is 0 Å². The summed E-state index contributed by atoms with van der Waals surface area (Å²) in [6.07, 6.45) is 4.90. The molecule has 0 aromatic heterocycles. The number of hydrogen-bond acceptors (Lipinski definition) is 5. The zero-order valence-corrected chi connectivity index (χ0v) is 25.5. The van der Waals surface area contributed by atoms with E-state index < -0.39 is 18.0 Å². The van der Waals surface area contributed by atoms with Gasteiger partial charge in [-0.3, -0.25) is 0 Å². The molecule has 45 heavy (non-hydrogen) atoms. The van der Waals surface area contributed by atoms with Crippen molar-refractivity contribution in [3.8, 4) is 5.75 Å². The maximum atomic E-state index is 11.0. The van der Waals surface area contributed by atoms with E-state index in [9.17, 15) is 19.8 Å². The molecule has 7 heteroatoms. The highest BCUT2D eigenvalue weighted by Crippen LogP contribution is 2.37. The van der Waals surface area contributed by atoms with Gasteiger partial charge in [-0.2, -0.15) is 0 Å². The number of ether oxygens (including phenoxy) is 1. The van der Waals surface area contributed by atoms with E-state index >= 15 is 0 Å². The molecule has 1 aliphatic rings. The number of rotatable bonds is 12. The van der Waals surface area contributed by atoms with Gasteiger partial charge in [-0.1, -0.05) is 91.0 Å². The number of aliphatic carboxylic acids is 2. The number of aliphatic hydroxyl groups is 1. The number of aliphatic hydroxyl groups excluding tert-OH is 1. The fourth-order valence-electron chi connectivity index (χ4n) is 5.73. The molecule has 1 aliphatic carbocycles. The zero-order valence-electron chi connectivity index (χ0n) is 25.5. The molecule has 0 saturated heterocycles. The molecule has 0 radical (unpaired) electrons. The van der Waals surface area contributed by atoms with Crippen LogP contribution in [0.2, 0.25) is 0 Å². The summed E-state index contributed by atoms with van der Waals surface area (Å²) in [5.41, 5.74) is 8.05. The summed E-state index contributed by atoms with van der Waals surface area (Å²) in [5.74, 6) is -1.53. The molecule has 0 amide bonds. The topological polar surface area (TPSA) is 124 Å². The first-order chi connectivity index (χ1) is 21.8. The van der Waals surface area contributed by atoms with Gasteiger partial charge in [0.05, 0.1) is 12.5 Å². The van der Waals surface area contributed by atoms with Gasteiger partial charge in [0.25, 0.3) is 0 Å². The minimum absolute atomic E-state index is 0.0878. The van der Waals surface area contributed by atoms with Gasteiger partial charge >= 0.3 is 5.97 Å². The van der Waals surface area contributed by atoms with Crippen LogP contribution in [-0.2, 0) is 29.0 Å². The molecule has 0 spiro atoms. The molecule has 0 bridgehead atoms. The summed E-state index contributed by atoms with van der Waals surface area (Å²) >= 11 is 0. The molecule has 0 aliphatic heterocycles. The van der Waals surface area contributed by atoms with Gasteiger partial charge in [0.15, 0.2) is 0 Å². The van der Waals surface area contributed by atoms with Crippen LogP contribution in [0.3, 0.4) is 0 Å². The summed E-state index contributed by atoms with van der Waals surface area (Å²) in [7, 11) is 0. The Kier molecular flexibility index (Phi) is 12.5. The lowest BCUT2D eigenvalue weighted by Gasteiger charge is -2.21. The van der Waals surface area contributed by atoms with E-state index in [0.717, 1.165) is 49.1 Å². The van der Waals surface area contributed by atoms with Crippen LogP contribution < -0.4 is 15.2 Å². The highest BCUT2D eigenvalue weighted by Gasteiger charge is 2.24. The second-order valence-corrected chi connectivity index (χ2v) is 11.3. The van der Waals surface area contributed by atoms with Crippen molar-refractivity contribution in [1.29, 1.82) is 0 Å². The lowest BCUT2D eigenvalue weighted by Crippen LogP contribution is -2.90. The lowest BCUT2D eigenvalue weighted by atomic mass is 9.85. The summed E-state index contributed by atoms with van der Waals surface area (Å²) < 4.78 is 5.89. The second-order valence-electron chi connectivity index (χ2n) is 11.3. The van der Waals surface area contributed by atoms with Crippen molar-refractivity contribution in [2.24, 2.45) is 0 Å². The monoisotopic (exact) mass is 607 g/mol. The molecule has 2 atom stereocenters. The maximum absolute atomic E-state index is 11.0. The molecule has 2 unspecified atom stereocenters. The Morgan fingerprint density at radius 2 is 1.44 bits per heavy atom. The molecule has 4 N–H and O–H groups in total. The highest BCUT2D eigenvalue weighted by atomic mass is 16.5. The number of carbonyl (C=O) groups is 2. The van der Waals surface area contributed by atoms with Crippen molar-refractivity contribution < 1.29 is 35.0 Å². The van der Waals surface area contributed by atoms with Crippen LogP contribution in [0.25, 0.3) is 0 Å². The van der Waals surface area contributed by atoms with Crippen molar-refractivity contribution in [2.45, 2.75) is 57.3 Å². The Morgan fingerprint density at radius 1 is 0.867 bits per heavy atom. The molecule has 4 aromatic rings. The third kappa shape index (κ3) is 10.2. The number of fused-ring (bicyclic) bond motifs is 2. The molecule has 4 aromatic carbocycles. The van der Waals surface area contributed by atoms with Crippen LogP contribution in [0.4, 0.5) is 0 Å². The summed E-state index contributed by atoms with van der Waals surface area (Å²) in [5, 5.41) is 30.5. The predicted molar refractivity (Wildman–Crippen MR) is 172 cm³/mol. The quantitative estimate of drug-likeness (QED) is 0.163. The van der Waals surface area contributed by atoms with E-state index in [0.29, 0.717) is 24.7 Å². The lowest BCUT2D eigenvalue weighted by molar-refractivity contribution is -0.694. The zero-order chi connectivity index (χ0) is 32.0. The van der Waals surface area contributed by atoms with Gasteiger partial charge in [-0.05, 0) is 84.2 Å². The number of quaternary nitrogens is 1. The standard InChI is InChI=1S/C34H37NO2.C4H4O4/c1-25(34(36)29-19-21-30(22-20-29)37-24-26-10-3-2-4-11-26)35-23-9-16-33-31-14-7-5-12-27(31)17-18-28-13-6-8-15-32(28)33;5-3(6)1-2-4(7)8/h2-8,10-15,19-22,25,33-36H,9,16-18,23-24H2,1H3;1-2H,(H,5,6)(H,7,8)/b;2-1+. The maximum Gasteiger partial charge on any atom is 0.328 e. The molecule has 7 nitrogen and oxygen atoms in total. The van der Waals surface area contributed by atoms with E-state index in [2.05, 4.69) is 72.9 Å². The average molecular weight is 608 g/mol. The van der Waals surface area contributed by atoms with Crippen LogP contribution in [0.1, 0.15) is 65.2 Å². The molecular weight excluding hydrogens is 566 g/mol. The first kappa shape index (κ1) is 33.2. The van der Waals surface area contributed by atoms with Gasteiger partial charge in [0.1, 0.15) is 24.5 Å². The number of hydrogen-bond donors (Lipinski definition) is 3. The summed E-state index contributed by atoms with van der Waals surface area (Å²) in [4.78, 5) is 19.0. The van der Waals surface area contributed by atoms with Crippen LogP contribution in [-0.4, -0.2) is 34.7 Å². The van der Waals surface area contributed by atoms with Crippen LogP contribution in [0.5, 0.6) is 5.75 Å². The fourth-order valence-corrected chi connectivity index (χ4v) is 5.73. The number of carboxylic acid groups (broad SMARTS) is 2. The molecular formula is C38H41NO6. The normalized spacial score (nSPS) is 13.8. The van der Waals surface area contributed by atoms with E-state index in [1.807, 2.05) is 42.5 Å². The number of benzene rings is 4. The van der Waals surface area contributed by atoms with E-state index in [1.165, 1.54) is 22.3 Å². The van der Waals surface area contributed by atoms with Gasteiger partial charge < -0.3 is 30.2 Å². The number of nitrogens with two attached hydrogens (primary N) is 1. The minimum atomic E-state index is -1.51. The van der Waals surface area contributed by atoms with Gasteiger partial charge in [0.2, 0.25) is 0 Å². The van der Waals surface area contributed by atoms with E-state index in [-0.39, 0.29) is 6.04 Å². The number of carbonyl (C=O) groups excluding carboxylic acids is 1. The van der Waals surface area contributed by atoms with Gasteiger partial charge in [-0.25, -0.2) is 4.79 Å². The first-order valence-corrected chi connectivity index (χ1v) is 15.4. The second kappa shape index (κ2) is 16.9. The third-order valence-corrected chi connectivity index (χ3v) is 8.09. The third-order valence-electron chi connectivity index (χ3n) is 8.09. The van der Waals surface area contributed by atoms with E-state index in [4.69, 9.17) is 9.84 Å². The Hall–Kier alpha value is -4.72. The van der Waals surface area contributed by atoms with Gasteiger partial charge in [0, 0.05) is 12.0 Å². The molecule has 0 saturated carbocycles. The van der Waals surface area contributed by atoms with Crippen molar-refractivity contribution >= 4 is 11.9 Å². The van der Waals surface area contributed by atoms with Crippen LogP contribution in [0, 0.1) is 0 Å². The molecule has 234 valence electrons. The van der Waals surface area contributed by atoms with Crippen molar-refractivity contribution in [3.05, 3.63) is 149 Å². The van der Waals surface area contributed by atoms with E-state index in [1.54, 1.807) is 0 Å². The fraction of sp³-hybridized carbons (Fsp3) is 0.263. The Bertz CT molecular complexity index is 1490. The highest BCUT2D eigenvalue weighted by molar-refractivity contribution is 5.88. The summed E-state index contributed by atoms with van der Waals surface area (Å²) in [6, 6.07) is 36.1. The van der Waals surface area contributed by atoms with Crippen LogP contribution >= 0.6 is 0 Å². The number of aryl methyl sites for hydroxylation is 2. The molecule has 5 rings (SSSR count). The summed E-state index contributed by atoms with van der Waals surface area (Å²) in [6.45, 7) is 3.65. The largest absolute Gasteiger partial charge is 0.545 e. The average Bonchev–Trinajstić information content (AvgIpc) is 3.22. The van der Waals surface area contributed by atoms with Gasteiger partial charge in [-0.15, -0.1) is 0 Å². The Morgan fingerprint density at radius 3 is 2.00 bits per heavy atom. The predicted octanol–water partition coefficient (Wildman–Crippen LogP) is 4.34. The Labute approximate surface area is 264 Å². The number of carboxylic acids is 2. The first-order valence-electron chi connectivity index (χ1n) is 15.4. The van der Waals surface area contributed by atoms with Crippen LogP contribution in [0.15, 0.2) is 115 Å². The molecule has 0 fully saturated rings. The Balaban J connectivity index is 0.000000510. The molecule has 0 heterocycles. The SMILES string of the molecule is CC([NH2+]CCCC1c2ccccc2CCc2ccccc21)C(O)c1ccc(OCc2ccccc2)cc1.O=C([O-])/C=C/C(=O)O. The van der Waals surface area contributed by atoms with Crippen molar-refractivity contribution in [2.75, 3.05) is 6.54 Å².